The molecule has 5 heteroatoms. The molecule has 0 fully saturated rings. The molecule has 28 heavy (non-hydrogen) atoms. The van der Waals surface area contributed by atoms with E-state index in [0.29, 0.717) is 0 Å². The number of nitrogens with zero attached hydrogens (tertiary/aromatic N) is 4. The number of hydrogen-bond acceptors (Lipinski definition) is 3. The maximum atomic E-state index is 4.83. The first-order valence-electron chi connectivity index (χ1n) is 9.16. The second kappa shape index (κ2) is 8.86. The Hall–Kier alpha value is -3.60. The number of allylic oxidation sites excluding steroid dienone is 3. The van der Waals surface area contributed by atoms with E-state index in [0.717, 1.165) is 34.1 Å². The Labute approximate surface area is 166 Å². The van der Waals surface area contributed by atoms with Crippen molar-refractivity contribution in [2.45, 2.75) is 13.8 Å². The minimum absolute atomic E-state index is 0.734. The summed E-state index contributed by atoms with van der Waals surface area (Å²) < 4.78 is 2.02. The van der Waals surface area contributed by atoms with Crippen LogP contribution < -0.4 is 5.32 Å². The van der Waals surface area contributed by atoms with Gasteiger partial charge in [-0.05, 0) is 49.6 Å². The molecule has 0 atom stereocenters. The predicted molar refractivity (Wildman–Crippen MR) is 119 cm³/mol. The fourth-order valence-corrected chi connectivity index (χ4v) is 2.76. The highest BCUT2D eigenvalue weighted by Gasteiger charge is 2.08. The minimum Gasteiger partial charge on any atom is -0.340 e. The maximum Gasteiger partial charge on any atom is 0.146 e. The highest BCUT2D eigenvalue weighted by atomic mass is 15.2. The summed E-state index contributed by atoms with van der Waals surface area (Å²) in [5, 5.41) is 5.56. The molecule has 142 valence electrons. The first-order chi connectivity index (χ1) is 13.6. The summed E-state index contributed by atoms with van der Waals surface area (Å²) in [4.78, 5) is 11.4. The Morgan fingerprint density at radius 1 is 1.21 bits per heavy atom. The van der Waals surface area contributed by atoms with Crippen molar-refractivity contribution in [3.8, 4) is 5.82 Å². The van der Waals surface area contributed by atoms with Gasteiger partial charge in [0.1, 0.15) is 23.3 Å². The van der Waals surface area contributed by atoms with Crippen LogP contribution in [0.15, 0.2) is 96.7 Å². The van der Waals surface area contributed by atoms with E-state index in [4.69, 9.17) is 4.98 Å². The average Bonchev–Trinajstić information content (AvgIpc) is 3.25. The first-order valence-corrected chi connectivity index (χ1v) is 9.16. The molecule has 0 aliphatic carbocycles. The fraction of sp³-hybridized carbons (Fsp3) is 0.130. The Bertz CT molecular complexity index is 1040. The van der Waals surface area contributed by atoms with Crippen molar-refractivity contribution in [2.75, 3.05) is 12.4 Å². The molecule has 0 bridgehead atoms. The molecular weight excluding hydrogens is 346 g/mol. The standard InChI is InChI=1S/C23H25N5/c1-5-7-14-27(4)18(3)24-21(6-2)25-22-17-19-12-8-9-13-20(19)23(26-22)28-15-10-11-16-28/h5-17H,1H2,2-4H3,(H,25,26)/b14-7-,21-6+,24-18?. The molecule has 0 amide bonds. The fourth-order valence-electron chi connectivity index (χ4n) is 2.76. The van der Waals surface area contributed by atoms with Gasteiger partial charge in [-0.25, -0.2) is 9.98 Å². The molecule has 0 radical (unpaired) electrons. The zero-order chi connectivity index (χ0) is 19.9. The normalized spacial score (nSPS) is 12.5. The number of hydrogen-bond donors (Lipinski definition) is 1. The third-order valence-electron chi connectivity index (χ3n) is 4.34. The number of aliphatic imine (C=N–C) groups is 1. The van der Waals surface area contributed by atoms with E-state index in [1.165, 1.54) is 0 Å². The summed E-state index contributed by atoms with van der Waals surface area (Å²) in [6.07, 6.45) is 11.4. The van der Waals surface area contributed by atoms with Crippen LogP contribution in [0.5, 0.6) is 0 Å². The molecule has 0 aliphatic rings. The van der Waals surface area contributed by atoms with Gasteiger partial charge in [-0.2, -0.15) is 0 Å². The molecule has 0 saturated carbocycles. The zero-order valence-electron chi connectivity index (χ0n) is 16.5. The molecule has 0 spiro atoms. The maximum absolute atomic E-state index is 4.83. The summed E-state index contributed by atoms with van der Waals surface area (Å²) >= 11 is 0. The Morgan fingerprint density at radius 3 is 2.68 bits per heavy atom. The van der Waals surface area contributed by atoms with Crippen LogP contribution in [0.2, 0.25) is 0 Å². The molecule has 0 unspecified atom stereocenters. The number of aromatic nitrogens is 2. The zero-order valence-corrected chi connectivity index (χ0v) is 16.5. The molecule has 0 saturated heterocycles. The second-order valence-electron chi connectivity index (χ2n) is 6.29. The van der Waals surface area contributed by atoms with E-state index in [1.807, 2.05) is 91.4 Å². The molecule has 1 N–H and O–H groups in total. The number of fused-ring (bicyclic) bond motifs is 1. The van der Waals surface area contributed by atoms with Gasteiger partial charge < -0.3 is 14.8 Å². The van der Waals surface area contributed by atoms with Gasteiger partial charge in [-0.15, -0.1) is 0 Å². The molecule has 5 nitrogen and oxygen atoms in total. The molecule has 3 aromatic rings. The lowest BCUT2D eigenvalue weighted by Gasteiger charge is -2.15. The van der Waals surface area contributed by atoms with Gasteiger partial charge >= 0.3 is 0 Å². The van der Waals surface area contributed by atoms with Crippen molar-refractivity contribution in [3.63, 3.8) is 0 Å². The van der Waals surface area contributed by atoms with Gasteiger partial charge in [0.2, 0.25) is 0 Å². The number of nitrogens with one attached hydrogen (secondary N) is 1. The lowest BCUT2D eigenvalue weighted by molar-refractivity contribution is 0.681. The number of amidine groups is 1. The van der Waals surface area contributed by atoms with Gasteiger partial charge in [0.05, 0.1) is 0 Å². The predicted octanol–water partition coefficient (Wildman–Crippen LogP) is 5.35. The van der Waals surface area contributed by atoms with E-state index in [9.17, 15) is 0 Å². The number of pyridine rings is 1. The number of benzene rings is 1. The van der Waals surface area contributed by atoms with E-state index in [-0.39, 0.29) is 0 Å². The van der Waals surface area contributed by atoms with E-state index < -0.39 is 0 Å². The number of anilines is 1. The van der Waals surface area contributed by atoms with Gasteiger partial charge in [0.15, 0.2) is 0 Å². The molecule has 2 heterocycles. The van der Waals surface area contributed by atoms with Crippen molar-refractivity contribution in [1.82, 2.24) is 14.5 Å². The van der Waals surface area contributed by atoms with Crippen LogP contribution in [0.25, 0.3) is 16.6 Å². The summed E-state index contributed by atoms with van der Waals surface area (Å²) in [6.45, 7) is 7.60. The van der Waals surface area contributed by atoms with Crippen LogP contribution in [0.1, 0.15) is 13.8 Å². The molecule has 3 rings (SSSR count). The number of rotatable bonds is 6. The smallest absolute Gasteiger partial charge is 0.146 e. The topological polar surface area (TPSA) is 45.5 Å². The van der Waals surface area contributed by atoms with E-state index >= 15 is 0 Å². The quantitative estimate of drug-likeness (QED) is 0.361. The van der Waals surface area contributed by atoms with Crippen LogP contribution in [0.4, 0.5) is 5.82 Å². The summed E-state index contributed by atoms with van der Waals surface area (Å²) in [6, 6.07) is 14.3. The van der Waals surface area contributed by atoms with Crippen LogP contribution >= 0.6 is 0 Å². The Balaban J connectivity index is 1.95. The van der Waals surface area contributed by atoms with Crippen molar-refractivity contribution in [3.05, 3.63) is 91.7 Å². The van der Waals surface area contributed by atoms with Gasteiger partial charge in [-0.3, -0.25) is 0 Å². The molecule has 1 aromatic carbocycles. The lowest BCUT2D eigenvalue weighted by Crippen LogP contribution is -2.18. The summed E-state index contributed by atoms with van der Waals surface area (Å²) in [5.74, 6) is 3.21. The van der Waals surface area contributed by atoms with Gasteiger partial charge in [-0.1, -0.05) is 36.9 Å². The van der Waals surface area contributed by atoms with Crippen molar-refractivity contribution < 1.29 is 0 Å². The highest BCUT2D eigenvalue weighted by molar-refractivity contribution is 5.91. The van der Waals surface area contributed by atoms with Crippen LogP contribution in [0, 0.1) is 0 Å². The molecular formula is C23H25N5. The first kappa shape index (κ1) is 19.2. The largest absolute Gasteiger partial charge is 0.340 e. The van der Waals surface area contributed by atoms with Crippen molar-refractivity contribution in [2.24, 2.45) is 4.99 Å². The minimum atomic E-state index is 0.734. The highest BCUT2D eigenvalue weighted by Crippen LogP contribution is 2.24. The summed E-state index contributed by atoms with van der Waals surface area (Å²) in [7, 11) is 1.95. The van der Waals surface area contributed by atoms with Crippen LogP contribution in [-0.4, -0.2) is 27.3 Å². The molecule has 2 aromatic heterocycles. The van der Waals surface area contributed by atoms with Crippen LogP contribution in [-0.2, 0) is 0 Å². The Kier molecular flexibility index (Phi) is 6.07. The van der Waals surface area contributed by atoms with Crippen molar-refractivity contribution in [1.29, 1.82) is 0 Å². The second-order valence-corrected chi connectivity index (χ2v) is 6.29. The van der Waals surface area contributed by atoms with Crippen LogP contribution in [0.3, 0.4) is 0 Å². The third kappa shape index (κ3) is 4.38. The Morgan fingerprint density at radius 2 is 1.96 bits per heavy atom. The van der Waals surface area contributed by atoms with E-state index in [1.54, 1.807) is 6.08 Å². The monoisotopic (exact) mass is 371 g/mol. The van der Waals surface area contributed by atoms with Gasteiger partial charge in [0, 0.05) is 31.0 Å². The van der Waals surface area contributed by atoms with E-state index in [2.05, 4.69) is 29.0 Å². The van der Waals surface area contributed by atoms with Crippen molar-refractivity contribution >= 4 is 22.4 Å². The SMILES string of the molecule is C=C/C=C\N(C)C(C)=N/C(=C\C)Nc1cc2ccccc2c(-n2cccc2)n1. The lowest BCUT2D eigenvalue weighted by atomic mass is 10.1. The van der Waals surface area contributed by atoms with Gasteiger partial charge in [0.25, 0.3) is 0 Å². The third-order valence-corrected chi connectivity index (χ3v) is 4.34. The average molecular weight is 371 g/mol. The summed E-state index contributed by atoms with van der Waals surface area (Å²) in [5.41, 5.74) is 0. The molecule has 0 aliphatic heterocycles.